The Morgan fingerprint density at radius 1 is 1.29 bits per heavy atom. The Balaban J connectivity index is 2.54. The second-order valence-electron chi connectivity index (χ2n) is 3.50. The predicted octanol–water partition coefficient (Wildman–Crippen LogP) is 0.829. The minimum absolute atomic E-state index is 0.131. The summed E-state index contributed by atoms with van der Waals surface area (Å²) in [4.78, 5) is 32.8. The van der Waals surface area contributed by atoms with Gasteiger partial charge in [-0.05, 0) is 5.56 Å². The maximum Gasteiger partial charge on any atom is 0.272 e. The number of ketones is 1. The fourth-order valence-corrected chi connectivity index (χ4v) is 1.36. The molecule has 2 N–H and O–H groups in total. The van der Waals surface area contributed by atoms with Crippen molar-refractivity contribution in [2.45, 2.75) is 18.9 Å². The smallest absolute Gasteiger partial charge is 0.272 e. The molecule has 1 aromatic rings. The monoisotopic (exact) mass is 236 g/mol. The fraction of sp³-hybridized carbons (Fsp3) is 0.273. The summed E-state index contributed by atoms with van der Waals surface area (Å²) >= 11 is 0. The van der Waals surface area contributed by atoms with E-state index in [9.17, 15) is 14.5 Å². The van der Waals surface area contributed by atoms with Crippen molar-refractivity contribution in [3.05, 3.63) is 40.8 Å². The van der Waals surface area contributed by atoms with Crippen LogP contribution in [0.4, 0.5) is 0 Å². The summed E-state index contributed by atoms with van der Waals surface area (Å²) in [7, 11) is 0. The van der Waals surface area contributed by atoms with Crippen molar-refractivity contribution in [1.29, 1.82) is 0 Å². The molecule has 0 heterocycles. The van der Waals surface area contributed by atoms with Gasteiger partial charge >= 0.3 is 0 Å². The summed E-state index contributed by atoms with van der Waals surface area (Å²) in [5.41, 5.74) is 2.10. The van der Waals surface area contributed by atoms with Crippen LogP contribution in [-0.4, -0.2) is 22.9 Å². The first kappa shape index (κ1) is 13.0. The summed E-state index contributed by atoms with van der Waals surface area (Å²) in [6.07, 6.45) is -0.184. The molecule has 1 rings (SSSR count). The number of hydrogen-bond donors (Lipinski definition) is 2. The summed E-state index contributed by atoms with van der Waals surface area (Å²) < 4.78 is 0. The molecule has 0 unspecified atom stereocenters. The van der Waals surface area contributed by atoms with E-state index >= 15 is 0 Å². The molecular formula is C11H12N2O4. The first-order chi connectivity index (χ1) is 8.17. The van der Waals surface area contributed by atoms with E-state index in [0.717, 1.165) is 5.56 Å². The molecule has 0 spiro atoms. The molecule has 1 aromatic carbocycles. The van der Waals surface area contributed by atoms with Crippen molar-refractivity contribution < 1.29 is 14.8 Å². The number of hydrogen-bond acceptors (Lipinski definition) is 5. The Morgan fingerprint density at radius 2 is 1.94 bits per heavy atom. The zero-order valence-corrected chi connectivity index (χ0v) is 9.00. The van der Waals surface area contributed by atoms with Gasteiger partial charge in [0.15, 0.2) is 6.04 Å². The third-order valence-corrected chi connectivity index (χ3v) is 2.21. The molecule has 6 heteroatoms. The molecule has 6 nitrogen and oxygen atoms in total. The molecule has 0 bridgehead atoms. The van der Waals surface area contributed by atoms with Crippen LogP contribution in [0, 0.1) is 4.91 Å². The average Bonchev–Trinajstić information content (AvgIpc) is 2.36. The highest BCUT2D eigenvalue weighted by Gasteiger charge is 2.22. The van der Waals surface area contributed by atoms with Gasteiger partial charge in [0.25, 0.3) is 5.91 Å². The number of carbonyl (C=O) groups excluding carboxylic acids is 2. The molecule has 17 heavy (non-hydrogen) atoms. The fourth-order valence-electron chi connectivity index (χ4n) is 1.36. The molecule has 1 atom stereocenters. The Labute approximate surface area is 97.6 Å². The maximum absolute atomic E-state index is 11.5. The number of benzene rings is 1. The number of carbonyl (C=O) groups is 2. The number of nitroso groups, excluding NO2 is 1. The lowest BCUT2D eigenvalue weighted by molar-refractivity contribution is -0.132. The second kappa shape index (κ2) is 6.49. The van der Waals surface area contributed by atoms with Gasteiger partial charge in [0.05, 0.1) is 0 Å². The van der Waals surface area contributed by atoms with Gasteiger partial charge in [0.1, 0.15) is 5.78 Å². The van der Waals surface area contributed by atoms with E-state index in [2.05, 4.69) is 5.18 Å². The van der Waals surface area contributed by atoms with Crippen molar-refractivity contribution in [2.24, 2.45) is 5.18 Å². The zero-order valence-electron chi connectivity index (χ0n) is 9.00. The van der Waals surface area contributed by atoms with E-state index in [1.165, 1.54) is 5.48 Å². The number of rotatable bonds is 6. The van der Waals surface area contributed by atoms with Crippen LogP contribution in [-0.2, 0) is 16.0 Å². The topological polar surface area (TPSA) is 95.8 Å². The van der Waals surface area contributed by atoms with Crippen LogP contribution in [0.3, 0.4) is 0 Å². The van der Waals surface area contributed by atoms with Crippen LogP contribution in [0.15, 0.2) is 35.5 Å². The van der Waals surface area contributed by atoms with Crippen LogP contribution >= 0.6 is 0 Å². The van der Waals surface area contributed by atoms with Crippen molar-refractivity contribution in [3.8, 4) is 0 Å². The number of nitrogens with one attached hydrogen (secondary N) is 1. The highest BCUT2D eigenvalue weighted by molar-refractivity contribution is 5.89. The van der Waals surface area contributed by atoms with Gasteiger partial charge in [-0.2, -0.15) is 0 Å². The van der Waals surface area contributed by atoms with Crippen LogP contribution in [0.25, 0.3) is 0 Å². The Bertz CT molecular complexity index is 405. The van der Waals surface area contributed by atoms with Crippen LogP contribution < -0.4 is 5.48 Å². The van der Waals surface area contributed by atoms with Crippen LogP contribution in [0.2, 0.25) is 0 Å². The van der Waals surface area contributed by atoms with Gasteiger partial charge in [-0.3, -0.25) is 14.8 Å². The maximum atomic E-state index is 11.5. The number of Topliss-reactive ketones (excluding diaryl/α,β-unsaturated/α-hetero) is 1. The SMILES string of the molecule is O=N[C@H](CC(=O)Cc1ccccc1)C(=O)NO. The number of hydroxylamine groups is 1. The molecule has 0 aliphatic rings. The second-order valence-corrected chi connectivity index (χ2v) is 3.50. The molecule has 0 aliphatic carbocycles. The lowest BCUT2D eigenvalue weighted by Crippen LogP contribution is -2.32. The van der Waals surface area contributed by atoms with Crippen molar-refractivity contribution >= 4 is 11.7 Å². The van der Waals surface area contributed by atoms with E-state index in [0.29, 0.717) is 0 Å². The minimum Gasteiger partial charge on any atom is -0.299 e. The average molecular weight is 236 g/mol. The quantitative estimate of drug-likeness (QED) is 0.434. The van der Waals surface area contributed by atoms with Gasteiger partial charge in [-0.25, -0.2) is 5.48 Å². The van der Waals surface area contributed by atoms with Crippen molar-refractivity contribution in [2.75, 3.05) is 0 Å². The minimum atomic E-state index is -1.38. The normalized spacial score (nSPS) is 11.6. The largest absolute Gasteiger partial charge is 0.299 e. The highest BCUT2D eigenvalue weighted by atomic mass is 16.5. The Kier molecular flexibility index (Phi) is 4.96. The van der Waals surface area contributed by atoms with Crippen molar-refractivity contribution in [1.82, 2.24) is 5.48 Å². The number of nitrogens with zero attached hydrogens (tertiary/aromatic N) is 1. The third kappa shape index (κ3) is 4.12. The molecule has 0 fully saturated rings. The molecule has 90 valence electrons. The Hall–Kier alpha value is -2.08. The van der Waals surface area contributed by atoms with Crippen LogP contribution in [0.1, 0.15) is 12.0 Å². The lowest BCUT2D eigenvalue weighted by Gasteiger charge is -2.05. The number of amides is 1. The highest BCUT2D eigenvalue weighted by Crippen LogP contribution is 2.05. The first-order valence-electron chi connectivity index (χ1n) is 4.99. The van der Waals surface area contributed by atoms with E-state index < -0.39 is 11.9 Å². The van der Waals surface area contributed by atoms with Crippen molar-refractivity contribution in [3.63, 3.8) is 0 Å². The summed E-state index contributed by atoms with van der Waals surface area (Å²) in [5, 5.41) is 10.8. The molecule has 1 amide bonds. The Morgan fingerprint density at radius 3 is 2.47 bits per heavy atom. The summed E-state index contributed by atoms with van der Waals surface area (Å²) in [5.74, 6) is -1.26. The van der Waals surface area contributed by atoms with E-state index in [-0.39, 0.29) is 18.6 Å². The van der Waals surface area contributed by atoms with Crippen LogP contribution in [0.5, 0.6) is 0 Å². The third-order valence-electron chi connectivity index (χ3n) is 2.21. The molecular weight excluding hydrogens is 224 g/mol. The van der Waals surface area contributed by atoms with E-state index in [1.807, 2.05) is 6.07 Å². The van der Waals surface area contributed by atoms with E-state index in [4.69, 9.17) is 5.21 Å². The molecule has 0 radical (unpaired) electrons. The standard InChI is InChI=1S/C11H12N2O4/c14-9(6-8-4-2-1-3-5-8)7-10(12-16)11(15)13-17/h1-5,10,17H,6-7H2,(H,13,15)/t10-/m1/s1. The molecule has 0 aromatic heterocycles. The lowest BCUT2D eigenvalue weighted by atomic mass is 10.0. The predicted molar refractivity (Wildman–Crippen MR) is 59.3 cm³/mol. The van der Waals surface area contributed by atoms with E-state index in [1.54, 1.807) is 24.3 Å². The van der Waals surface area contributed by atoms with Gasteiger partial charge in [0.2, 0.25) is 0 Å². The summed E-state index contributed by atoms with van der Waals surface area (Å²) in [6, 6.07) is 7.57. The van der Waals surface area contributed by atoms with Gasteiger partial charge < -0.3 is 0 Å². The zero-order chi connectivity index (χ0) is 12.7. The molecule has 0 saturated carbocycles. The molecule has 0 saturated heterocycles. The first-order valence-corrected chi connectivity index (χ1v) is 4.99. The molecule has 0 aliphatic heterocycles. The van der Waals surface area contributed by atoms with Gasteiger partial charge in [-0.15, -0.1) is 4.91 Å². The van der Waals surface area contributed by atoms with Gasteiger partial charge in [-0.1, -0.05) is 35.5 Å². The van der Waals surface area contributed by atoms with Gasteiger partial charge in [0, 0.05) is 12.8 Å². The summed E-state index contributed by atoms with van der Waals surface area (Å²) in [6.45, 7) is 0.